The zero-order valence-corrected chi connectivity index (χ0v) is 21.9. The van der Waals surface area contributed by atoms with Crippen LogP contribution in [-0.2, 0) is 28.5 Å². The molecule has 0 saturated carbocycles. The van der Waals surface area contributed by atoms with Gasteiger partial charge in [-0.05, 0) is 57.4 Å². The molecule has 0 aromatic carbocycles. The maximum absolute atomic E-state index is 13.0. The van der Waals surface area contributed by atoms with Crippen LogP contribution in [0.25, 0.3) is 0 Å². The van der Waals surface area contributed by atoms with Gasteiger partial charge in [-0.15, -0.1) is 0 Å². The van der Waals surface area contributed by atoms with E-state index in [0.717, 1.165) is 31.3 Å². The standard InChI is InChI=1S/C30H40O7/c1-19-12-13-34-23(15-19)10-11-25(31)27-18-28-30(37-28)26(32)17-21(3)14-20(2)16-24-8-4-6-22(35-24)7-5-9-29(33)36-27/h4-6,9-12,20,22-24,26-28,30,32H,3,7-8,13-18H2,1-2H3/b9-5-,11-10+/t20-,22-,23+,24-,26-,27-,28-,30-/m0/s1. The van der Waals surface area contributed by atoms with Crippen LogP contribution in [0.4, 0.5) is 0 Å². The van der Waals surface area contributed by atoms with Gasteiger partial charge in [0.1, 0.15) is 6.10 Å². The zero-order chi connectivity index (χ0) is 26.4. The van der Waals surface area contributed by atoms with Gasteiger partial charge in [0.25, 0.3) is 0 Å². The van der Waals surface area contributed by atoms with Gasteiger partial charge in [0, 0.05) is 12.5 Å². The van der Waals surface area contributed by atoms with E-state index >= 15 is 0 Å². The maximum Gasteiger partial charge on any atom is 0.331 e. The largest absolute Gasteiger partial charge is 0.451 e. The van der Waals surface area contributed by atoms with Crippen molar-refractivity contribution >= 4 is 11.8 Å². The van der Waals surface area contributed by atoms with Gasteiger partial charge in [-0.1, -0.05) is 55.0 Å². The number of cyclic esters (lactones) is 1. The minimum atomic E-state index is -1.01. The lowest BCUT2D eigenvalue weighted by Gasteiger charge is -2.28. The minimum Gasteiger partial charge on any atom is -0.451 e. The number of aliphatic hydroxyl groups is 1. The molecular weight excluding hydrogens is 472 g/mol. The van der Waals surface area contributed by atoms with Crippen LogP contribution < -0.4 is 0 Å². The molecule has 0 spiro atoms. The third-order valence-electron chi connectivity index (χ3n) is 7.30. The second kappa shape index (κ2) is 13.0. The Bertz CT molecular complexity index is 961. The molecule has 37 heavy (non-hydrogen) atoms. The van der Waals surface area contributed by atoms with Crippen LogP contribution in [0.1, 0.15) is 58.8 Å². The molecule has 202 valence electrons. The molecule has 0 unspecified atom stereocenters. The van der Waals surface area contributed by atoms with Crippen LogP contribution in [0, 0.1) is 5.92 Å². The fourth-order valence-electron chi connectivity index (χ4n) is 5.34. The highest BCUT2D eigenvalue weighted by atomic mass is 16.6. The monoisotopic (exact) mass is 512 g/mol. The molecule has 4 aliphatic rings. The first-order chi connectivity index (χ1) is 17.8. The van der Waals surface area contributed by atoms with Gasteiger partial charge >= 0.3 is 5.97 Å². The first-order valence-corrected chi connectivity index (χ1v) is 13.5. The Balaban J connectivity index is 1.45. The lowest BCUT2D eigenvalue weighted by atomic mass is 9.91. The molecule has 7 nitrogen and oxygen atoms in total. The van der Waals surface area contributed by atoms with Crippen molar-refractivity contribution < 1.29 is 33.6 Å². The van der Waals surface area contributed by atoms with Crippen LogP contribution in [-0.4, -0.2) is 66.2 Å². The van der Waals surface area contributed by atoms with Crippen molar-refractivity contribution in [2.75, 3.05) is 6.61 Å². The molecule has 2 bridgehead atoms. The number of aliphatic hydroxyl groups excluding tert-OH is 1. The summed E-state index contributed by atoms with van der Waals surface area (Å²) < 4.78 is 23.2. The molecule has 0 aromatic heterocycles. The van der Waals surface area contributed by atoms with Gasteiger partial charge in [-0.3, -0.25) is 4.79 Å². The Kier molecular flexibility index (Phi) is 9.71. The van der Waals surface area contributed by atoms with Gasteiger partial charge in [0.2, 0.25) is 0 Å². The van der Waals surface area contributed by atoms with Crippen LogP contribution in [0.5, 0.6) is 0 Å². The number of ether oxygens (including phenoxy) is 4. The van der Waals surface area contributed by atoms with Crippen molar-refractivity contribution in [2.24, 2.45) is 5.92 Å². The van der Waals surface area contributed by atoms with E-state index in [1.165, 1.54) is 17.7 Å². The Morgan fingerprint density at radius 3 is 2.78 bits per heavy atom. The number of carbonyl (C=O) groups is 2. The van der Waals surface area contributed by atoms with Crippen LogP contribution in [0.2, 0.25) is 0 Å². The number of hydrogen-bond donors (Lipinski definition) is 1. The summed E-state index contributed by atoms with van der Waals surface area (Å²) in [6.07, 6.45) is 14.2. The first-order valence-electron chi connectivity index (χ1n) is 13.5. The highest BCUT2D eigenvalue weighted by molar-refractivity contribution is 5.96. The fraction of sp³-hybridized carbons (Fsp3) is 0.600. The predicted molar refractivity (Wildman–Crippen MR) is 140 cm³/mol. The van der Waals surface area contributed by atoms with Crippen molar-refractivity contribution in [3.05, 3.63) is 60.3 Å². The molecule has 1 N–H and O–H groups in total. The molecule has 0 radical (unpaired) electrons. The lowest BCUT2D eigenvalue weighted by Crippen LogP contribution is -2.29. The van der Waals surface area contributed by atoms with E-state index in [0.29, 0.717) is 25.4 Å². The molecule has 4 rings (SSSR count). The molecule has 7 heteroatoms. The smallest absolute Gasteiger partial charge is 0.331 e. The summed E-state index contributed by atoms with van der Waals surface area (Å²) >= 11 is 0. The number of rotatable bonds is 3. The van der Waals surface area contributed by atoms with Crippen molar-refractivity contribution in [2.45, 2.75) is 102 Å². The molecular formula is C30H40O7. The summed E-state index contributed by atoms with van der Waals surface area (Å²) in [4.78, 5) is 25.7. The van der Waals surface area contributed by atoms with Crippen molar-refractivity contribution in [1.82, 2.24) is 0 Å². The summed E-state index contributed by atoms with van der Waals surface area (Å²) in [6, 6.07) is 0. The Hall–Kier alpha value is -2.32. The van der Waals surface area contributed by atoms with Crippen molar-refractivity contribution in [3.63, 3.8) is 0 Å². The third-order valence-corrected chi connectivity index (χ3v) is 7.30. The second-order valence-electron chi connectivity index (χ2n) is 10.9. The maximum atomic E-state index is 13.0. The molecule has 0 aliphatic carbocycles. The molecule has 1 fully saturated rings. The van der Waals surface area contributed by atoms with Gasteiger partial charge in [0.15, 0.2) is 11.9 Å². The number of epoxide rings is 1. The van der Waals surface area contributed by atoms with E-state index < -0.39 is 24.3 Å². The Morgan fingerprint density at radius 2 is 1.97 bits per heavy atom. The summed E-state index contributed by atoms with van der Waals surface area (Å²) in [6.45, 7) is 8.90. The van der Waals surface area contributed by atoms with Crippen molar-refractivity contribution in [3.8, 4) is 0 Å². The summed E-state index contributed by atoms with van der Waals surface area (Å²) in [7, 11) is 0. The quantitative estimate of drug-likeness (QED) is 0.261. The van der Waals surface area contributed by atoms with Crippen LogP contribution in [0.15, 0.2) is 60.3 Å². The highest BCUT2D eigenvalue weighted by Gasteiger charge is 2.46. The predicted octanol–water partition coefficient (Wildman–Crippen LogP) is 4.31. The minimum absolute atomic E-state index is 0.104. The number of esters is 1. The molecule has 0 amide bonds. The van der Waals surface area contributed by atoms with Gasteiger partial charge in [0.05, 0.1) is 37.1 Å². The molecule has 4 heterocycles. The summed E-state index contributed by atoms with van der Waals surface area (Å²) in [5, 5.41) is 10.7. The summed E-state index contributed by atoms with van der Waals surface area (Å²) in [5.74, 6) is -0.537. The molecule has 0 aromatic rings. The average molecular weight is 513 g/mol. The molecule has 4 aliphatic heterocycles. The molecule has 8 atom stereocenters. The fourth-order valence-corrected chi connectivity index (χ4v) is 5.34. The van der Waals surface area contributed by atoms with Crippen LogP contribution in [0.3, 0.4) is 0 Å². The number of ketones is 1. The summed E-state index contributed by atoms with van der Waals surface area (Å²) in [5.41, 5.74) is 2.18. The number of fused-ring (bicyclic) bond motifs is 3. The van der Waals surface area contributed by atoms with E-state index in [9.17, 15) is 14.7 Å². The highest BCUT2D eigenvalue weighted by Crippen LogP contribution is 2.34. The van der Waals surface area contributed by atoms with E-state index in [4.69, 9.17) is 18.9 Å². The van der Waals surface area contributed by atoms with E-state index in [1.807, 2.05) is 19.1 Å². The van der Waals surface area contributed by atoms with Crippen LogP contribution >= 0.6 is 0 Å². The zero-order valence-electron chi connectivity index (χ0n) is 21.9. The lowest BCUT2D eigenvalue weighted by molar-refractivity contribution is -0.149. The van der Waals surface area contributed by atoms with E-state index in [-0.39, 0.29) is 36.6 Å². The van der Waals surface area contributed by atoms with Gasteiger partial charge < -0.3 is 24.1 Å². The Labute approximate surface area is 219 Å². The average Bonchev–Trinajstić information content (AvgIpc) is 3.61. The van der Waals surface area contributed by atoms with Gasteiger partial charge in [-0.2, -0.15) is 0 Å². The second-order valence-corrected chi connectivity index (χ2v) is 10.9. The number of carbonyl (C=O) groups excluding carboxylic acids is 2. The molecule has 1 saturated heterocycles. The topological polar surface area (TPSA) is 94.6 Å². The normalized spacial score (nSPS) is 38.6. The third kappa shape index (κ3) is 8.60. The Morgan fingerprint density at radius 1 is 1.14 bits per heavy atom. The van der Waals surface area contributed by atoms with E-state index in [2.05, 4.69) is 19.6 Å². The van der Waals surface area contributed by atoms with E-state index in [1.54, 1.807) is 12.2 Å². The first kappa shape index (κ1) is 27.7. The van der Waals surface area contributed by atoms with Crippen molar-refractivity contribution in [1.29, 1.82) is 0 Å². The number of hydrogen-bond acceptors (Lipinski definition) is 7. The van der Waals surface area contributed by atoms with Gasteiger partial charge in [-0.25, -0.2) is 4.79 Å². The SMILES string of the molecule is C=C1C[C@H](C)C[C@@H]2CC=C[C@@H](C/C=C\C(=O)O[C@H](C(=O)/C=C/[C@@H]3CC(C)=CCO3)C[C@@H]3O[C@H]3[C@@H](O)C1)O2.